The number of tetrazole rings is 1. The largest absolute Gasteiger partial charge is 0.458 e. The number of halogens is 1. The third-order valence-corrected chi connectivity index (χ3v) is 3.46. The van der Waals surface area contributed by atoms with Crippen molar-refractivity contribution in [3.63, 3.8) is 0 Å². The fourth-order valence-electron chi connectivity index (χ4n) is 1.99. The molecule has 0 radical (unpaired) electrons. The number of aromatic nitrogens is 4. The molecule has 2 heterocycles. The second kappa shape index (κ2) is 8.08. The molecule has 0 bridgehead atoms. The summed E-state index contributed by atoms with van der Waals surface area (Å²) in [6.45, 7) is 3.61. The van der Waals surface area contributed by atoms with Crippen molar-refractivity contribution in [2.24, 2.45) is 5.10 Å². The molecule has 10 heteroatoms. The number of esters is 1. The van der Waals surface area contributed by atoms with Crippen LogP contribution in [-0.4, -0.2) is 39.4 Å². The van der Waals surface area contributed by atoms with Gasteiger partial charge in [0.15, 0.2) is 0 Å². The molecular formula is C16H13ClN6O3. The molecule has 0 fully saturated rings. The standard InChI is InChI=1S/C16H13ClN6O3/c1-2-7-25-15(24)12-8-10(3-5-13(12)17)14-6-4-11(26-14)9-18-19-16-20-22-23-21-16/h2-6,8-9H,1,7H2,(H2,19,20,21,22,23)/b18-9-. The summed E-state index contributed by atoms with van der Waals surface area (Å²) in [5.74, 6) is 0.727. The Morgan fingerprint density at radius 3 is 3.08 bits per heavy atom. The van der Waals surface area contributed by atoms with Crippen LogP contribution in [0, 0.1) is 0 Å². The summed E-state index contributed by atoms with van der Waals surface area (Å²) >= 11 is 6.07. The third kappa shape index (κ3) is 4.14. The summed E-state index contributed by atoms with van der Waals surface area (Å²) in [4.78, 5) is 12.0. The number of aromatic amines is 1. The zero-order valence-electron chi connectivity index (χ0n) is 13.3. The van der Waals surface area contributed by atoms with Crippen LogP contribution >= 0.6 is 11.6 Å². The van der Waals surface area contributed by atoms with Crippen molar-refractivity contribution in [2.45, 2.75) is 0 Å². The number of benzene rings is 1. The lowest BCUT2D eigenvalue weighted by Crippen LogP contribution is -2.05. The van der Waals surface area contributed by atoms with E-state index >= 15 is 0 Å². The van der Waals surface area contributed by atoms with Gasteiger partial charge in [-0.15, -0.1) is 5.10 Å². The molecule has 3 rings (SSSR count). The van der Waals surface area contributed by atoms with Gasteiger partial charge in [0.1, 0.15) is 18.1 Å². The van der Waals surface area contributed by atoms with Crippen LogP contribution < -0.4 is 5.43 Å². The van der Waals surface area contributed by atoms with Crippen LogP contribution in [0.25, 0.3) is 11.3 Å². The van der Waals surface area contributed by atoms with Gasteiger partial charge in [-0.3, -0.25) is 0 Å². The number of carbonyl (C=O) groups excluding carboxylic acids is 1. The minimum absolute atomic E-state index is 0.105. The van der Waals surface area contributed by atoms with Crippen LogP contribution in [0.1, 0.15) is 16.1 Å². The van der Waals surface area contributed by atoms with E-state index in [1.165, 1.54) is 12.3 Å². The molecule has 3 aromatic rings. The van der Waals surface area contributed by atoms with E-state index in [-0.39, 0.29) is 18.1 Å². The van der Waals surface area contributed by atoms with Gasteiger partial charge in [0, 0.05) is 5.56 Å². The van der Waals surface area contributed by atoms with Crippen molar-refractivity contribution in [3.8, 4) is 11.3 Å². The fraction of sp³-hybridized carbons (Fsp3) is 0.0625. The summed E-state index contributed by atoms with van der Waals surface area (Å²) in [6.07, 6.45) is 2.94. The topological polar surface area (TPSA) is 118 Å². The molecule has 0 aliphatic rings. The van der Waals surface area contributed by atoms with E-state index < -0.39 is 5.97 Å². The Morgan fingerprint density at radius 2 is 2.31 bits per heavy atom. The lowest BCUT2D eigenvalue weighted by atomic mass is 10.1. The summed E-state index contributed by atoms with van der Waals surface area (Å²) in [7, 11) is 0. The SMILES string of the molecule is C=CCOC(=O)c1cc(-c2ccc(/C=N\Nc3nn[nH]n3)o2)ccc1Cl. The molecule has 132 valence electrons. The van der Waals surface area contributed by atoms with Crippen molar-refractivity contribution in [3.05, 3.63) is 59.3 Å². The van der Waals surface area contributed by atoms with Crippen LogP contribution in [0.4, 0.5) is 5.95 Å². The molecule has 9 nitrogen and oxygen atoms in total. The van der Waals surface area contributed by atoms with Gasteiger partial charge in [-0.05, 0) is 35.5 Å². The van der Waals surface area contributed by atoms with Crippen LogP contribution in [0.2, 0.25) is 5.02 Å². The number of furan rings is 1. The highest BCUT2D eigenvalue weighted by Crippen LogP contribution is 2.27. The first-order chi connectivity index (χ1) is 12.7. The first-order valence-corrected chi connectivity index (χ1v) is 7.75. The number of carbonyl (C=O) groups is 1. The fourth-order valence-corrected chi connectivity index (χ4v) is 2.18. The quantitative estimate of drug-likeness (QED) is 0.283. The normalized spacial score (nSPS) is 10.8. The van der Waals surface area contributed by atoms with E-state index in [1.54, 1.807) is 30.3 Å². The number of nitrogens with one attached hydrogen (secondary N) is 2. The minimum Gasteiger partial charge on any atom is -0.458 e. The highest BCUT2D eigenvalue weighted by atomic mass is 35.5. The number of nitrogens with zero attached hydrogens (tertiary/aromatic N) is 4. The number of hydrazone groups is 1. The molecule has 0 saturated heterocycles. The molecule has 0 aliphatic carbocycles. The lowest BCUT2D eigenvalue weighted by Gasteiger charge is -2.06. The Bertz CT molecular complexity index is 935. The van der Waals surface area contributed by atoms with E-state index in [0.717, 1.165) is 0 Å². The van der Waals surface area contributed by atoms with Crippen LogP contribution in [0.3, 0.4) is 0 Å². The number of anilines is 1. The molecule has 0 spiro atoms. The van der Waals surface area contributed by atoms with E-state index in [2.05, 4.69) is 37.7 Å². The molecule has 0 atom stereocenters. The van der Waals surface area contributed by atoms with Gasteiger partial charge in [0.05, 0.1) is 16.8 Å². The number of rotatable bonds is 7. The van der Waals surface area contributed by atoms with Crippen molar-refractivity contribution in [2.75, 3.05) is 12.0 Å². The van der Waals surface area contributed by atoms with Gasteiger partial charge < -0.3 is 9.15 Å². The summed E-state index contributed by atoms with van der Waals surface area (Å²) in [6, 6.07) is 8.42. The molecule has 0 amide bonds. The highest BCUT2D eigenvalue weighted by molar-refractivity contribution is 6.33. The van der Waals surface area contributed by atoms with Crippen molar-refractivity contribution in [1.82, 2.24) is 20.6 Å². The molecule has 0 unspecified atom stereocenters. The second-order valence-electron chi connectivity index (χ2n) is 4.89. The average molecular weight is 373 g/mol. The van der Waals surface area contributed by atoms with Gasteiger partial charge >= 0.3 is 5.97 Å². The molecule has 0 saturated carbocycles. The highest BCUT2D eigenvalue weighted by Gasteiger charge is 2.14. The van der Waals surface area contributed by atoms with Gasteiger partial charge in [0.2, 0.25) is 0 Å². The predicted octanol–water partition coefficient (Wildman–Crippen LogP) is 2.90. The maximum absolute atomic E-state index is 12.0. The minimum atomic E-state index is -0.533. The molecule has 2 aromatic heterocycles. The smallest absolute Gasteiger partial charge is 0.339 e. The number of hydrogen-bond acceptors (Lipinski definition) is 8. The van der Waals surface area contributed by atoms with Crippen molar-refractivity contribution in [1.29, 1.82) is 0 Å². The number of H-pyrrole nitrogens is 1. The molecular weight excluding hydrogens is 360 g/mol. The van der Waals surface area contributed by atoms with Crippen LogP contribution in [-0.2, 0) is 4.74 Å². The number of ether oxygens (including phenoxy) is 1. The Morgan fingerprint density at radius 1 is 1.42 bits per heavy atom. The van der Waals surface area contributed by atoms with E-state index in [9.17, 15) is 4.79 Å². The number of hydrogen-bond donors (Lipinski definition) is 2. The zero-order valence-corrected chi connectivity index (χ0v) is 14.1. The van der Waals surface area contributed by atoms with Crippen molar-refractivity contribution >= 4 is 29.7 Å². The van der Waals surface area contributed by atoms with Gasteiger partial charge in [-0.1, -0.05) is 29.4 Å². The first-order valence-electron chi connectivity index (χ1n) is 7.37. The average Bonchev–Trinajstić information content (AvgIpc) is 3.32. The monoisotopic (exact) mass is 372 g/mol. The molecule has 0 aliphatic heterocycles. The molecule has 1 aromatic carbocycles. The van der Waals surface area contributed by atoms with Crippen LogP contribution in [0.5, 0.6) is 0 Å². The lowest BCUT2D eigenvalue weighted by molar-refractivity contribution is 0.0550. The maximum atomic E-state index is 12.0. The van der Waals surface area contributed by atoms with E-state index in [4.69, 9.17) is 20.8 Å². The van der Waals surface area contributed by atoms with Crippen molar-refractivity contribution < 1.29 is 13.9 Å². The van der Waals surface area contributed by atoms with Crippen LogP contribution in [0.15, 0.2) is 52.5 Å². The molecule has 26 heavy (non-hydrogen) atoms. The second-order valence-corrected chi connectivity index (χ2v) is 5.30. The molecule has 2 N–H and O–H groups in total. The Labute approximate surface area is 152 Å². The Kier molecular flexibility index (Phi) is 5.40. The summed E-state index contributed by atoms with van der Waals surface area (Å²) < 4.78 is 10.7. The van der Waals surface area contributed by atoms with E-state index in [0.29, 0.717) is 22.1 Å². The predicted molar refractivity (Wildman–Crippen MR) is 95.0 cm³/mol. The Hall–Kier alpha value is -3.46. The summed E-state index contributed by atoms with van der Waals surface area (Å²) in [5, 5.41) is 17.3. The summed E-state index contributed by atoms with van der Waals surface area (Å²) in [5.41, 5.74) is 3.50. The van der Waals surface area contributed by atoms with Gasteiger partial charge in [-0.25, -0.2) is 10.2 Å². The first kappa shape index (κ1) is 17.4. The van der Waals surface area contributed by atoms with Gasteiger partial charge in [-0.2, -0.15) is 10.3 Å². The zero-order chi connectivity index (χ0) is 18.4. The Balaban J connectivity index is 1.75. The third-order valence-electron chi connectivity index (χ3n) is 3.13. The van der Waals surface area contributed by atoms with E-state index in [1.807, 2.05) is 0 Å². The maximum Gasteiger partial charge on any atom is 0.339 e. The van der Waals surface area contributed by atoms with Gasteiger partial charge in [0.25, 0.3) is 5.95 Å².